The van der Waals surface area contributed by atoms with Crippen molar-refractivity contribution in [1.82, 2.24) is 15.5 Å². The van der Waals surface area contributed by atoms with Gasteiger partial charge in [-0.3, -0.25) is 4.79 Å². The van der Waals surface area contributed by atoms with Crippen molar-refractivity contribution in [2.75, 3.05) is 26.7 Å². The van der Waals surface area contributed by atoms with Crippen molar-refractivity contribution in [2.45, 2.75) is 44.8 Å². The Balaban J connectivity index is 1.73. The number of carbonyl (C=O) groups is 2. The molecule has 0 aliphatic carbocycles. The van der Waals surface area contributed by atoms with Crippen LogP contribution in [-0.4, -0.2) is 53.8 Å². The standard InChI is InChI=1S/C32H36F3N3O4/c1-20-9-12-26(33)24(16-20)29-25(7-3-8-27(29)34)32(42,13-5-14-37-31(40)41)22-6-4-15-38(19-22)30(39)23-11-10-21(18-36-2)17-28(23)35/h3,7-12,16-17,22,36-37,42H,4-6,13-15,18-19H2,1-2H3,(H,40,41)/t22-,32+/m1/s1. The van der Waals surface area contributed by atoms with Gasteiger partial charge >= 0.3 is 6.09 Å². The van der Waals surface area contributed by atoms with Crippen LogP contribution in [0.1, 0.15) is 52.7 Å². The Morgan fingerprint density at radius 1 is 1.05 bits per heavy atom. The molecule has 4 N–H and O–H groups in total. The number of hydrogen-bond acceptors (Lipinski definition) is 4. The van der Waals surface area contributed by atoms with Crippen molar-refractivity contribution in [3.8, 4) is 11.1 Å². The number of carboxylic acid groups (broad SMARTS) is 1. The number of likely N-dealkylation sites (tertiary alicyclic amines) is 1. The van der Waals surface area contributed by atoms with Gasteiger partial charge in [0.15, 0.2) is 0 Å². The number of hydrogen-bond donors (Lipinski definition) is 4. The van der Waals surface area contributed by atoms with E-state index in [4.69, 9.17) is 5.11 Å². The highest BCUT2D eigenvalue weighted by atomic mass is 19.1. The summed E-state index contributed by atoms with van der Waals surface area (Å²) in [4.78, 5) is 26.0. The smallest absolute Gasteiger partial charge is 0.404 e. The minimum Gasteiger partial charge on any atom is -0.465 e. The maximum absolute atomic E-state index is 15.5. The number of rotatable bonds is 10. The Hall–Kier alpha value is -3.89. The quantitative estimate of drug-likeness (QED) is 0.233. The second-order valence-corrected chi connectivity index (χ2v) is 10.8. The molecule has 3 aromatic rings. The molecule has 4 rings (SSSR count). The van der Waals surface area contributed by atoms with Crippen LogP contribution in [-0.2, 0) is 12.1 Å². The first kappa shape index (κ1) is 31.1. The fourth-order valence-electron chi connectivity index (χ4n) is 5.87. The van der Waals surface area contributed by atoms with Crippen molar-refractivity contribution in [3.05, 3.63) is 94.3 Å². The van der Waals surface area contributed by atoms with Gasteiger partial charge in [-0.15, -0.1) is 0 Å². The lowest BCUT2D eigenvalue weighted by molar-refractivity contribution is -0.0565. The Kier molecular flexibility index (Phi) is 9.90. The fraction of sp³-hybridized carbons (Fsp3) is 0.375. The number of halogens is 3. The van der Waals surface area contributed by atoms with E-state index < -0.39 is 41.0 Å². The summed E-state index contributed by atoms with van der Waals surface area (Å²) in [5, 5.41) is 26.7. The molecular formula is C32H36F3N3O4. The molecule has 2 atom stereocenters. The first-order valence-electron chi connectivity index (χ1n) is 14.0. The first-order valence-corrected chi connectivity index (χ1v) is 14.0. The molecule has 0 spiro atoms. The van der Waals surface area contributed by atoms with Crippen LogP contribution >= 0.6 is 0 Å². The predicted molar refractivity (Wildman–Crippen MR) is 153 cm³/mol. The minimum absolute atomic E-state index is 0.00217. The molecule has 10 heteroatoms. The van der Waals surface area contributed by atoms with Gasteiger partial charge in [-0.1, -0.05) is 29.8 Å². The van der Waals surface area contributed by atoms with Crippen molar-refractivity contribution in [3.63, 3.8) is 0 Å². The Labute approximate surface area is 243 Å². The monoisotopic (exact) mass is 583 g/mol. The molecule has 0 aromatic heterocycles. The summed E-state index contributed by atoms with van der Waals surface area (Å²) in [5.41, 5.74) is -0.384. The largest absolute Gasteiger partial charge is 0.465 e. The predicted octanol–water partition coefficient (Wildman–Crippen LogP) is 5.59. The highest BCUT2D eigenvalue weighted by Gasteiger charge is 2.43. The zero-order chi connectivity index (χ0) is 30.4. The van der Waals surface area contributed by atoms with Crippen LogP contribution in [0.4, 0.5) is 18.0 Å². The third-order valence-corrected chi connectivity index (χ3v) is 7.91. The number of benzene rings is 3. The van der Waals surface area contributed by atoms with Gasteiger partial charge in [0.25, 0.3) is 5.91 Å². The lowest BCUT2D eigenvalue weighted by Gasteiger charge is -2.43. The van der Waals surface area contributed by atoms with E-state index in [1.807, 2.05) is 0 Å². The highest BCUT2D eigenvalue weighted by molar-refractivity contribution is 5.94. The van der Waals surface area contributed by atoms with E-state index >= 15 is 8.78 Å². The first-order chi connectivity index (χ1) is 20.0. The topological polar surface area (TPSA) is 102 Å². The molecule has 0 bridgehead atoms. The van der Waals surface area contributed by atoms with Gasteiger partial charge in [-0.2, -0.15) is 0 Å². The Morgan fingerprint density at radius 2 is 1.83 bits per heavy atom. The second-order valence-electron chi connectivity index (χ2n) is 10.8. The zero-order valence-corrected chi connectivity index (χ0v) is 23.7. The Morgan fingerprint density at radius 3 is 2.55 bits per heavy atom. The molecule has 1 aliphatic heterocycles. The van der Waals surface area contributed by atoms with Gasteiger partial charge in [-0.05, 0) is 81.1 Å². The number of amides is 2. The van der Waals surface area contributed by atoms with E-state index in [1.165, 1.54) is 41.3 Å². The second kappa shape index (κ2) is 13.4. The molecule has 3 aromatic carbocycles. The van der Waals surface area contributed by atoms with Crippen LogP contribution in [0.5, 0.6) is 0 Å². The lowest BCUT2D eigenvalue weighted by atomic mass is 9.72. The van der Waals surface area contributed by atoms with Gasteiger partial charge < -0.3 is 25.7 Å². The van der Waals surface area contributed by atoms with Gasteiger partial charge in [-0.25, -0.2) is 18.0 Å². The van der Waals surface area contributed by atoms with Gasteiger partial charge in [0, 0.05) is 43.2 Å². The van der Waals surface area contributed by atoms with Crippen LogP contribution in [0, 0.1) is 30.3 Å². The van der Waals surface area contributed by atoms with Gasteiger partial charge in [0.05, 0.1) is 11.2 Å². The summed E-state index contributed by atoms with van der Waals surface area (Å²) in [7, 11) is 1.74. The van der Waals surface area contributed by atoms with Crippen LogP contribution in [0.3, 0.4) is 0 Å². The summed E-state index contributed by atoms with van der Waals surface area (Å²) in [6, 6.07) is 12.9. The number of aliphatic hydroxyl groups is 1. The third kappa shape index (κ3) is 6.77. The number of aryl methyl sites for hydroxylation is 1. The minimum atomic E-state index is -1.76. The summed E-state index contributed by atoms with van der Waals surface area (Å²) < 4.78 is 45.6. The molecule has 7 nitrogen and oxygen atoms in total. The number of nitrogens with zero attached hydrogens (tertiary/aromatic N) is 1. The van der Waals surface area contributed by atoms with E-state index in [0.29, 0.717) is 37.1 Å². The summed E-state index contributed by atoms with van der Waals surface area (Å²) in [5.74, 6) is -3.16. The number of piperidine rings is 1. The van der Waals surface area contributed by atoms with Crippen LogP contribution in [0.2, 0.25) is 0 Å². The van der Waals surface area contributed by atoms with Gasteiger partial charge in [0.1, 0.15) is 17.5 Å². The van der Waals surface area contributed by atoms with E-state index in [9.17, 15) is 19.1 Å². The molecule has 0 radical (unpaired) electrons. The van der Waals surface area contributed by atoms with E-state index in [-0.39, 0.29) is 48.2 Å². The average molecular weight is 584 g/mol. The van der Waals surface area contributed by atoms with E-state index in [0.717, 1.165) is 0 Å². The average Bonchev–Trinajstić information content (AvgIpc) is 2.96. The molecule has 2 amide bonds. The summed E-state index contributed by atoms with van der Waals surface area (Å²) >= 11 is 0. The molecule has 0 saturated carbocycles. The number of nitrogens with one attached hydrogen (secondary N) is 2. The van der Waals surface area contributed by atoms with Crippen molar-refractivity contribution >= 4 is 12.0 Å². The summed E-state index contributed by atoms with van der Waals surface area (Å²) in [6.45, 7) is 2.61. The molecule has 0 unspecified atom stereocenters. The maximum Gasteiger partial charge on any atom is 0.404 e. The lowest BCUT2D eigenvalue weighted by Crippen LogP contribution is -2.48. The molecule has 42 heavy (non-hydrogen) atoms. The number of carbonyl (C=O) groups excluding carboxylic acids is 1. The normalized spacial score (nSPS) is 16.6. The molecule has 1 fully saturated rings. The molecule has 1 saturated heterocycles. The van der Waals surface area contributed by atoms with Crippen molar-refractivity contribution in [1.29, 1.82) is 0 Å². The van der Waals surface area contributed by atoms with Crippen LogP contribution in [0.25, 0.3) is 11.1 Å². The van der Waals surface area contributed by atoms with E-state index in [2.05, 4.69) is 10.6 Å². The highest BCUT2D eigenvalue weighted by Crippen LogP contribution is 2.45. The third-order valence-electron chi connectivity index (χ3n) is 7.91. The molecule has 224 valence electrons. The molecule has 1 aliphatic rings. The van der Waals surface area contributed by atoms with E-state index in [1.54, 1.807) is 32.2 Å². The van der Waals surface area contributed by atoms with Crippen molar-refractivity contribution in [2.24, 2.45) is 5.92 Å². The maximum atomic E-state index is 15.5. The SMILES string of the molecule is CNCc1ccc(C(=O)N2CCC[C@@H]([C@@](O)(CCCNC(=O)O)c3cccc(F)c3-c3cc(C)ccc3F)C2)c(F)c1. The summed E-state index contributed by atoms with van der Waals surface area (Å²) in [6.07, 6.45) is -0.0563. The van der Waals surface area contributed by atoms with Crippen LogP contribution < -0.4 is 10.6 Å². The zero-order valence-electron chi connectivity index (χ0n) is 23.7. The van der Waals surface area contributed by atoms with Crippen LogP contribution in [0.15, 0.2) is 54.6 Å². The van der Waals surface area contributed by atoms with Gasteiger partial charge in [0.2, 0.25) is 0 Å². The fourth-order valence-corrected chi connectivity index (χ4v) is 5.87. The van der Waals surface area contributed by atoms with Crippen molar-refractivity contribution < 1.29 is 33.0 Å². The molecule has 1 heterocycles. The Bertz CT molecular complexity index is 1450. The molecular weight excluding hydrogens is 547 g/mol.